The molecule has 2 heterocycles. The first kappa shape index (κ1) is 22.7. The van der Waals surface area contributed by atoms with Crippen molar-refractivity contribution in [1.29, 1.82) is 0 Å². The first-order valence-corrected chi connectivity index (χ1v) is 13.5. The van der Waals surface area contributed by atoms with Crippen LogP contribution >= 0.6 is 0 Å². The van der Waals surface area contributed by atoms with Gasteiger partial charge >= 0.3 is 0 Å². The van der Waals surface area contributed by atoms with Gasteiger partial charge in [0.25, 0.3) is 5.91 Å². The van der Waals surface area contributed by atoms with Crippen LogP contribution in [0.2, 0.25) is 0 Å². The molecule has 0 bridgehead atoms. The minimum Gasteiger partial charge on any atom is -0.497 e. The van der Waals surface area contributed by atoms with E-state index < -0.39 is 15.9 Å². The molecule has 2 aliphatic rings. The number of hydrogen-bond acceptors (Lipinski definition) is 6. The average Bonchev–Trinajstić information content (AvgIpc) is 3.48. The molecule has 0 spiro atoms. The Balaban J connectivity index is 1.42. The standard InChI is InChI=1S/C26H28N2O5S/c1-32-23-8-4-5-18(13-23)16-28(22-11-12-34(30,31)17-22)26(29)24-15-25(33-27-24)21-10-9-19-6-2-3-7-20(19)14-21/h4-5,8-10,13-15,22H,2-3,6-7,11-12,16-17H2,1H3/t22-/m0/s1. The molecule has 1 amide bonds. The van der Waals surface area contributed by atoms with E-state index in [0.29, 0.717) is 17.9 Å². The zero-order valence-corrected chi connectivity index (χ0v) is 20.0. The number of nitrogens with zero attached hydrogens (tertiary/aromatic N) is 2. The number of hydrogen-bond donors (Lipinski definition) is 0. The minimum atomic E-state index is -3.17. The van der Waals surface area contributed by atoms with Crippen LogP contribution in [-0.2, 0) is 29.2 Å². The van der Waals surface area contributed by atoms with Crippen LogP contribution in [0.25, 0.3) is 11.3 Å². The van der Waals surface area contributed by atoms with E-state index in [1.807, 2.05) is 30.3 Å². The number of aryl methyl sites for hydroxylation is 2. The number of carbonyl (C=O) groups excluding carboxylic acids is 1. The number of aromatic nitrogens is 1. The van der Waals surface area contributed by atoms with Crippen molar-refractivity contribution in [2.45, 2.75) is 44.7 Å². The largest absolute Gasteiger partial charge is 0.497 e. The maximum Gasteiger partial charge on any atom is 0.276 e. The number of ether oxygens (including phenoxy) is 1. The first-order chi connectivity index (χ1) is 16.4. The molecule has 1 fully saturated rings. The molecule has 3 aromatic rings. The molecular formula is C26H28N2O5S. The highest BCUT2D eigenvalue weighted by atomic mass is 32.2. The lowest BCUT2D eigenvalue weighted by atomic mass is 9.90. The lowest BCUT2D eigenvalue weighted by molar-refractivity contribution is 0.0670. The Kier molecular flexibility index (Phi) is 6.16. The predicted octanol–water partition coefficient (Wildman–Crippen LogP) is 4.06. The van der Waals surface area contributed by atoms with E-state index >= 15 is 0 Å². The van der Waals surface area contributed by atoms with Gasteiger partial charge in [-0.15, -0.1) is 0 Å². The Labute approximate surface area is 199 Å². The SMILES string of the molecule is COc1cccc(CN(C(=O)c2cc(-c3ccc4c(c3)CCCC4)on2)[C@H]2CCS(=O)(=O)C2)c1. The molecule has 0 N–H and O–H groups in total. The summed E-state index contributed by atoms with van der Waals surface area (Å²) in [7, 11) is -1.58. The van der Waals surface area contributed by atoms with Crippen LogP contribution in [0.15, 0.2) is 53.1 Å². The Bertz CT molecular complexity index is 1310. The highest BCUT2D eigenvalue weighted by Crippen LogP contribution is 2.29. The summed E-state index contributed by atoms with van der Waals surface area (Å²) in [4.78, 5) is 15.2. The molecule has 7 nitrogen and oxygen atoms in total. The summed E-state index contributed by atoms with van der Waals surface area (Å²) in [6.07, 6.45) is 4.95. The number of benzene rings is 2. The van der Waals surface area contributed by atoms with Gasteiger partial charge in [-0.3, -0.25) is 4.79 Å². The van der Waals surface area contributed by atoms with E-state index in [1.54, 1.807) is 18.1 Å². The van der Waals surface area contributed by atoms with E-state index in [0.717, 1.165) is 24.0 Å². The van der Waals surface area contributed by atoms with Gasteiger partial charge in [0.05, 0.1) is 18.6 Å². The van der Waals surface area contributed by atoms with E-state index in [2.05, 4.69) is 17.3 Å². The molecule has 1 aromatic heterocycles. The lowest BCUT2D eigenvalue weighted by Crippen LogP contribution is -2.40. The van der Waals surface area contributed by atoms with Gasteiger partial charge < -0.3 is 14.2 Å². The van der Waals surface area contributed by atoms with Crippen molar-refractivity contribution in [3.63, 3.8) is 0 Å². The van der Waals surface area contributed by atoms with Gasteiger partial charge in [-0.25, -0.2) is 8.42 Å². The predicted molar refractivity (Wildman–Crippen MR) is 129 cm³/mol. The summed E-state index contributed by atoms with van der Waals surface area (Å²) in [5, 5.41) is 4.07. The third-order valence-electron chi connectivity index (χ3n) is 6.76. The fraction of sp³-hybridized carbons (Fsp3) is 0.385. The summed E-state index contributed by atoms with van der Waals surface area (Å²) >= 11 is 0. The summed E-state index contributed by atoms with van der Waals surface area (Å²) in [5.74, 6) is 0.923. The topological polar surface area (TPSA) is 89.7 Å². The first-order valence-electron chi connectivity index (χ1n) is 11.6. The number of sulfone groups is 1. The molecule has 0 unspecified atom stereocenters. The van der Waals surface area contributed by atoms with E-state index in [9.17, 15) is 13.2 Å². The molecule has 8 heteroatoms. The van der Waals surface area contributed by atoms with Crippen molar-refractivity contribution in [3.8, 4) is 17.1 Å². The Morgan fingerprint density at radius 3 is 2.71 bits per heavy atom. The Morgan fingerprint density at radius 1 is 1.12 bits per heavy atom. The molecule has 5 rings (SSSR count). The lowest BCUT2D eigenvalue weighted by Gasteiger charge is -2.27. The van der Waals surface area contributed by atoms with Crippen LogP contribution in [0.3, 0.4) is 0 Å². The second-order valence-corrected chi connectivity index (χ2v) is 11.3. The van der Waals surface area contributed by atoms with Crippen LogP contribution in [-0.4, -0.2) is 49.0 Å². The van der Waals surface area contributed by atoms with Gasteiger partial charge in [0.15, 0.2) is 21.3 Å². The highest BCUT2D eigenvalue weighted by molar-refractivity contribution is 7.91. The molecule has 1 atom stereocenters. The van der Waals surface area contributed by atoms with Gasteiger partial charge in [-0.2, -0.15) is 0 Å². The van der Waals surface area contributed by atoms with Crippen LogP contribution in [0.1, 0.15) is 46.4 Å². The Hall–Kier alpha value is -3.13. The van der Waals surface area contributed by atoms with Gasteiger partial charge in [0, 0.05) is 24.2 Å². The molecule has 2 aromatic carbocycles. The molecule has 1 aliphatic heterocycles. The van der Waals surface area contributed by atoms with Crippen LogP contribution in [0.5, 0.6) is 5.75 Å². The van der Waals surface area contributed by atoms with Crippen LogP contribution in [0.4, 0.5) is 0 Å². The molecule has 1 saturated heterocycles. The third kappa shape index (κ3) is 4.73. The van der Waals surface area contributed by atoms with Crippen molar-refractivity contribution in [2.24, 2.45) is 0 Å². The molecular weight excluding hydrogens is 452 g/mol. The Morgan fingerprint density at radius 2 is 1.94 bits per heavy atom. The van der Waals surface area contributed by atoms with Crippen LogP contribution in [0, 0.1) is 0 Å². The van der Waals surface area contributed by atoms with Crippen molar-refractivity contribution in [3.05, 3.63) is 70.9 Å². The van der Waals surface area contributed by atoms with Gasteiger partial charge in [0.2, 0.25) is 0 Å². The summed E-state index contributed by atoms with van der Waals surface area (Å²) in [6, 6.07) is 15.0. The van der Waals surface area contributed by atoms with Gasteiger partial charge in [-0.05, 0) is 67.0 Å². The fourth-order valence-electron chi connectivity index (χ4n) is 4.90. The van der Waals surface area contributed by atoms with E-state index in [4.69, 9.17) is 9.26 Å². The van der Waals surface area contributed by atoms with E-state index in [1.165, 1.54) is 24.0 Å². The number of rotatable bonds is 6. The van der Waals surface area contributed by atoms with Gasteiger partial charge in [-0.1, -0.05) is 29.4 Å². The smallest absolute Gasteiger partial charge is 0.276 e. The van der Waals surface area contributed by atoms with Crippen molar-refractivity contribution < 1.29 is 22.5 Å². The molecule has 1 aliphatic carbocycles. The number of carbonyl (C=O) groups is 1. The number of amides is 1. The summed E-state index contributed by atoms with van der Waals surface area (Å²) < 4.78 is 35.2. The molecule has 0 saturated carbocycles. The number of fused-ring (bicyclic) bond motifs is 1. The highest BCUT2D eigenvalue weighted by Gasteiger charge is 2.36. The maximum atomic E-state index is 13.6. The quantitative estimate of drug-likeness (QED) is 0.529. The summed E-state index contributed by atoms with van der Waals surface area (Å²) in [5.41, 5.74) is 4.63. The fourth-order valence-corrected chi connectivity index (χ4v) is 6.63. The number of methoxy groups -OCH3 is 1. The summed E-state index contributed by atoms with van der Waals surface area (Å²) in [6.45, 7) is 0.261. The third-order valence-corrected chi connectivity index (χ3v) is 8.51. The van der Waals surface area contributed by atoms with Gasteiger partial charge in [0.1, 0.15) is 5.75 Å². The molecule has 178 valence electrons. The normalized spacial score (nSPS) is 18.9. The van der Waals surface area contributed by atoms with Crippen LogP contribution < -0.4 is 4.74 Å². The monoisotopic (exact) mass is 480 g/mol. The molecule has 34 heavy (non-hydrogen) atoms. The maximum absolute atomic E-state index is 13.6. The minimum absolute atomic E-state index is 0.0434. The zero-order valence-electron chi connectivity index (χ0n) is 19.2. The average molecular weight is 481 g/mol. The second-order valence-electron chi connectivity index (χ2n) is 9.11. The zero-order chi connectivity index (χ0) is 23.7. The second kappa shape index (κ2) is 9.25. The van der Waals surface area contributed by atoms with Crippen molar-refractivity contribution >= 4 is 15.7 Å². The van der Waals surface area contributed by atoms with Crippen molar-refractivity contribution in [1.82, 2.24) is 10.1 Å². The van der Waals surface area contributed by atoms with E-state index in [-0.39, 0.29) is 29.7 Å². The van der Waals surface area contributed by atoms with Crippen molar-refractivity contribution in [2.75, 3.05) is 18.6 Å². The molecule has 0 radical (unpaired) electrons.